The molecule has 6 rings (SSSR count). The number of anilines is 2. The van der Waals surface area contributed by atoms with E-state index in [2.05, 4.69) is 20.4 Å². The lowest BCUT2D eigenvalue weighted by atomic mass is 9.95. The van der Waals surface area contributed by atoms with Crippen molar-refractivity contribution < 1.29 is 37.1 Å². The second kappa shape index (κ2) is 15.1. The van der Waals surface area contributed by atoms with Crippen LogP contribution in [-0.4, -0.2) is 108 Å². The fourth-order valence-corrected chi connectivity index (χ4v) is 6.65. The second-order valence-corrected chi connectivity index (χ2v) is 14.7. The Labute approximate surface area is 315 Å². The van der Waals surface area contributed by atoms with Crippen LogP contribution in [0, 0.1) is 12.8 Å². The number of pyridine rings is 1. The number of carbonyl (C=O) groups is 4. The van der Waals surface area contributed by atoms with Gasteiger partial charge in [0.25, 0.3) is 11.8 Å². The van der Waals surface area contributed by atoms with Crippen LogP contribution in [0.15, 0.2) is 48.9 Å². The first-order valence-electron chi connectivity index (χ1n) is 17.8. The molecule has 0 saturated carbocycles. The summed E-state index contributed by atoms with van der Waals surface area (Å²) in [6.45, 7) is 9.55. The molecule has 55 heavy (non-hydrogen) atoms. The van der Waals surface area contributed by atoms with Gasteiger partial charge in [-0.05, 0) is 76.4 Å². The molecule has 0 bridgehead atoms. The normalized spacial score (nSPS) is 15.6. The fourth-order valence-electron chi connectivity index (χ4n) is 6.65. The lowest BCUT2D eigenvalue weighted by Gasteiger charge is -2.38. The van der Waals surface area contributed by atoms with Gasteiger partial charge in [0.2, 0.25) is 5.91 Å². The number of piperazine rings is 1. The molecule has 2 aliphatic rings. The van der Waals surface area contributed by atoms with Crippen LogP contribution in [0.25, 0.3) is 17.1 Å². The van der Waals surface area contributed by atoms with E-state index in [1.807, 2.05) is 20.8 Å². The summed E-state index contributed by atoms with van der Waals surface area (Å²) < 4.78 is 49.9. The Morgan fingerprint density at radius 2 is 1.56 bits per heavy atom. The highest BCUT2D eigenvalue weighted by molar-refractivity contribution is 6.03. The molecule has 1 aromatic carbocycles. The first-order valence-corrected chi connectivity index (χ1v) is 17.8. The van der Waals surface area contributed by atoms with Gasteiger partial charge >= 0.3 is 12.3 Å². The minimum atomic E-state index is -4.81. The number of piperidine rings is 1. The summed E-state index contributed by atoms with van der Waals surface area (Å²) in [6.07, 6.45) is -0.461. The molecule has 0 atom stereocenters. The number of hydrogen-bond donors (Lipinski definition) is 2. The Hall–Kier alpha value is -5.94. The van der Waals surface area contributed by atoms with Crippen LogP contribution < -0.4 is 11.1 Å². The highest BCUT2D eigenvalue weighted by Crippen LogP contribution is 2.37. The summed E-state index contributed by atoms with van der Waals surface area (Å²) in [5, 5.41) is 6.43. The maximum atomic E-state index is 14.1. The van der Waals surface area contributed by atoms with Crippen LogP contribution in [0.1, 0.15) is 65.8 Å². The number of rotatable bonds is 6. The van der Waals surface area contributed by atoms with E-state index in [0.717, 1.165) is 17.1 Å². The van der Waals surface area contributed by atoms with Gasteiger partial charge < -0.3 is 35.1 Å². The zero-order chi connectivity index (χ0) is 39.8. The number of aryl methyl sites for hydroxylation is 1. The van der Waals surface area contributed by atoms with Crippen LogP contribution >= 0.6 is 0 Å². The Bertz CT molecular complexity index is 2090. The SMILES string of the molecule is Cc1cc(NC(=O)c2ncc(-c3cn(-c4ccc(N)cn4)nc3C(F)(F)F)n2C)ccc1C(=O)N1CCN(C(=O)C2CCN(C(=O)OC(C)(C)C)CC2)CC1. The number of hydrogen-bond acceptors (Lipinski definition) is 9. The van der Waals surface area contributed by atoms with Crippen LogP contribution in [0.4, 0.5) is 29.3 Å². The number of halogens is 3. The van der Waals surface area contributed by atoms with E-state index in [1.54, 1.807) is 39.8 Å². The predicted molar refractivity (Wildman–Crippen MR) is 195 cm³/mol. The van der Waals surface area contributed by atoms with Crippen molar-refractivity contribution in [2.24, 2.45) is 13.0 Å². The Balaban J connectivity index is 1.06. The number of imidazole rings is 1. The van der Waals surface area contributed by atoms with E-state index >= 15 is 0 Å². The Kier molecular flexibility index (Phi) is 10.6. The third-order valence-electron chi connectivity index (χ3n) is 9.54. The van der Waals surface area contributed by atoms with Crippen LogP contribution in [0.5, 0.6) is 0 Å². The van der Waals surface area contributed by atoms with Gasteiger partial charge in [-0.2, -0.15) is 18.3 Å². The molecule has 4 amide bonds. The number of benzene rings is 1. The highest BCUT2D eigenvalue weighted by Gasteiger charge is 2.39. The lowest BCUT2D eigenvalue weighted by Crippen LogP contribution is -2.53. The monoisotopic (exact) mass is 764 g/mol. The minimum Gasteiger partial charge on any atom is -0.444 e. The number of alkyl halides is 3. The number of aromatic nitrogens is 5. The van der Waals surface area contributed by atoms with Gasteiger partial charge in [-0.1, -0.05) is 0 Å². The van der Waals surface area contributed by atoms with E-state index in [4.69, 9.17) is 10.5 Å². The first-order chi connectivity index (χ1) is 25.9. The second-order valence-electron chi connectivity index (χ2n) is 14.7. The van der Waals surface area contributed by atoms with Gasteiger partial charge in [0.15, 0.2) is 17.3 Å². The summed E-state index contributed by atoms with van der Waals surface area (Å²) in [7, 11) is 1.42. The van der Waals surface area contributed by atoms with E-state index in [0.29, 0.717) is 74.6 Å². The molecule has 18 heteroatoms. The van der Waals surface area contributed by atoms with Crippen LogP contribution in [0.2, 0.25) is 0 Å². The molecule has 0 radical (unpaired) electrons. The number of ether oxygens (including phenoxy) is 1. The van der Waals surface area contributed by atoms with Crippen molar-refractivity contribution in [3.8, 4) is 17.1 Å². The van der Waals surface area contributed by atoms with Crippen molar-refractivity contribution in [3.63, 3.8) is 0 Å². The van der Waals surface area contributed by atoms with E-state index in [-0.39, 0.29) is 46.7 Å². The van der Waals surface area contributed by atoms with Crippen LogP contribution in [-0.2, 0) is 22.8 Å². The quantitative estimate of drug-likeness (QED) is 0.281. The maximum Gasteiger partial charge on any atom is 0.435 e. The number of nitrogens with zero attached hydrogens (tertiary/aromatic N) is 8. The van der Waals surface area contributed by atoms with Gasteiger partial charge in [0, 0.05) is 69.7 Å². The third kappa shape index (κ3) is 8.57. The first kappa shape index (κ1) is 38.8. The number of nitrogens with two attached hydrogens (primary N) is 1. The summed E-state index contributed by atoms with van der Waals surface area (Å²) in [5.41, 5.74) is 5.31. The Morgan fingerprint density at radius 1 is 0.891 bits per heavy atom. The van der Waals surface area contributed by atoms with Crippen LogP contribution in [0.3, 0.4) is 0 Å². The average molecular weight is 765 g/mol. The molecule has 2 fully saturated rings. The Morgan fingerprint density at radius 3 is 2.16 bits per heavy atom. The number of carbonyl (C=O) groups excluding carboxylic acids is 4. The maximum absolute atomic E-state index is 14.1. The standard InChI is InChI=1S/C37H43F3N10O5/c1-22-18-25(44-32(51)31-43-20-28(46(31)5)27-21-50(45-30(27)37(38,39)40)29-9-6-24(41)19-42-29)7-8-26(22)34(53)48-16-14-47(15-17-48)33(52)23-10-12-49(13-11-23)35(54)55-36(2,3)4/h6-9,18-21,23H,10-17,41H2,1-5H3,(H,44,51). The summed E-state index contributed by atoms with van der Waals surface area (Å²) in [4.78, 5) is 65.8. The molecule has 4 aromatic rings. The molecular weight excluding hydrogens is 721 g/mol. The van der Waals surface area contributed by atoms with E-state index in [1.165, 1.54) is 29.9 Å². The predicted octanol–water partition coefficient (Wildman–Crippen LogP) is 4.76. The molecule has 0 spiro atoms. The number of likely N-dealkylation sites (tertiary alicyclic amines) is 1. The summed E-state index contributed by atoms with van der Waals surface area (Å²) >= 11 is 0. The highest BCUT2D eigenvalue weighted by atomic mass is 19.4. The van der Waals surface area contributed by atoms with Crippen molar-refractivity contribution in [2.45, 2.75) is 52.3 Å². The lowest BCUT2D eigenvalue weighted by molar-refractivity contribution is -0.141. The fraction of sp³-hybridized carbons (Fsp3) is 0.432. The summed E-state index contributed by atoms with van der Waals surface area (Å²) in [5.74, 6) is -1.09. The molecule has 0 unspecified atom stereocenters. The topological polar surface area (TPSA) is 174 Å². The molecule has 3 N–H and O–H groups in total. The molecule has 3 aromatic heterocycles. The molecule has 0 aliphatic carbocycles. The average Bonchev–Trinajstić information content (AvgIpc) is 3.75. The molecule has 292 valence electrons. The van der Waals surface area contributed by atoms with Gasteiger partial charge in [0.05, 0.1) is 29.3 Å². The van der Waals surface area contributed by atoms with Crippen molar-refractivity contribution in [3.05, 3.63) is 71.6 Å². The molecule has 5 heterocycles. The van der Waals surface area contributed by atoms with Gasteiger partial charge in [0.1, 0.15) is 5.60 Å². The van der Waals surface area contributed by atoms with Gasteiger partial charge in [-0.25, -0.2) is 19.4 Å². The molecule has 2 aliphatic heterocycles. The van der Waals surface area contributed by atoms with Gasteiger partial charge in [-0.3, -0.25) is 14.4 Å². The number of nitrogens with one attached hydrogen (secondary N) is 1. The molecule has 15 nitrogen and oxygen atoms in total. The number of nitrogen functional groups attached to an aromatic ring is 1. The third-order valence-corrected chi connectivity index (χ3v) is 9.54. The summed E-state index contributed by atoms with van der Waals surface area (Å²) in [6, 6.07) is 7.71. The zero-order valence-electron chi connectivity index (χ0n) is 31.2. The largest absolute Gasteiger partial charge is 0.444 e. The van der Waals surface area contributed by atoms with Crippen molar-refractivity contribution in [1.82, 2.24) is 39.0 Å². The molecule has 2 saturated heterocycles. The van der Waals surface area contributed by atoms with Gasteiger partial charge in [-0.15, -0.1) is 0 Å². The van der Waals surface area contributed by atoms with E-state index in [9.17, 15) is 32.3 Å². The number of amides is 4. The minimum absolute atomic E-state index is 0.00155. The van der Waals surface area contributed by atoms with E-state index < -0.39 is 23.4 Å². The molecular formula is C37H43F3N10O5. The zero-order valence-corrected chi connectivity index (χ0v) is 31.2. The van der Waals surface area contributed by atoms with Crippen molar-refractivity contribution in [2.75, 3.05) is 50.3 Å². The van der Waals surface area contributed by atoms with Crippen molar-refractivity contribution in [1.29, 1.82) is 0 Å². The van der Waals surface area contributed by atoms with Crippen molar-refractivity contribution >= 4 is 35.2 Å². The smallest absolute Gasteiger partial charge is 0.435 e.